The van der Waals surface area contributed by atoms with Gasteiger partial charge in [-0.25, -0.2) is 9.50 Å². The number of carbonyl (C=O) groups excluding carboxylic acids is 1. The molecule has 0 saturated heterocycles. The third kappa shape index (κ3) is 3.41. The van der Waals surface area contributed by atoms with Crippen molar-refractivity contribution in [2.75, 3.05) is 14.2 Å². The molecule has 162 valence electrons. The Hall–Kier alpha value is -3.38. The van der Waals surface area contributed by atoms with Crippen LogP contribution in [-0.2, 0) is 6.42 Å². The highest BCUT2D eigenvalue weighted by molar-refractivity contribution is 6.30. The Morgan fingerprint density at radius 2 is 1.88 bits per heavy atom. The van der Waals surface area contributed by atoms with Crippen molar-refractivity contribution in [3.05, 3.63) is 76.2 Å². The Balaban J connectivity index is 1.62. The number of halogens is 1. The normalized spacial score (nSPS) is 15.6. The Bertz CT molecular complexity index is 1360. The van der Waals surface area contributed by atoms with Crippen LogP contribution in [0.4, 0.5) is 0 Å². The number of benzene rings is 2. The lowest BCUT2D eigenvalue weighted by Gasteiger charge is -2.23. The van der Waals surface area contributed by atoms with Crippen LogP contribution in [0.15, 0.2) is 48.7 Å². The van der Waals surface area contributed by atoms with Crippen molar-refractivity contribution in [3.63, 3.8) is 0 Å². The van der Waals surface area contributed by atoms with Crippen molar-refractivity contribution in [1.29, 1.82) is 0 Å². The Kier molecular flexibility index (Phi) is 5.10. The molecule has 0 amide bonds. The van der Waals surface area contributed by atoms with Gasteiger partial charge in [0.05, 0.1) is 31.2 Å². The molecule has 4 aromatic rings. The fourth-order valence-electron chi connectivity index (χ4n) is 4.47. The Morgan fingerprint density at radius 3 is 2.62 bits per heavy atom. The molecule has 6 nitrogen and oxygen atoms in total. The van der Waals surface area contributed by atoms with Crippen molar-refractivity contribution in [3.8, 4) is 22.6 Å². The molecule has 1 aliphatic carbocycles. The molecule has 0 spiro atoms. The maximum atomic E-state index is 13.0. The van der Waals surface area contributed by atoms with E-state index in [0.717, 1.165) is 28.1 Å². The molecular formula is C25H22ClN3O3. The van der Waals surface area contributed by atoms with Gasteiger partial charge in [0, 0.05) is 23.2 Å². The van der Waals surface area contributed by atoms with Gasteiger partial charge in [0.1, 0.15) is 0 Å². The van der Waals surface area contributed by atoms with Gasteiger partial charge in [-0.2, -0.15) is 5.10 Å². The minimum Gasteiger partial charge on any atom is -0.493 e. The zero-order valence-electron chi connectivity index (χ0n) is 18.1. The number of hydrogen-bond acceptors (Lipinski definition) is 5. The first kappa shape index (κ1) is 20.5. The summed E-state index contributed by atoms with van der Waals surface area (Å²) in [5.41, 5.74) is 5.86. The molecule has 2 heterocycles. The van der Waals surface area contributed by atoms with E-state index in [1.807, 2.05) is 55.6 Å². The number of Topliss-reactive ketones (excluding diaryl/α,β-unsaturated/α-hetero) is 1. The van der Waals surface area contributed by atoms with Gasteiger partial charge in [0.25, 0.3) is 0 Å². The topological polar surface area (TPSA) is 65.7 Å². The number of aryl methyl sites for hydroxylation is 1. The van der Waals surface area contributed by atoms with E-state index in [1.54, 1.807) is 18.7 Å². The molecule has 0 bridgehead atoms. The molecule has 1 aliphatic rings. The number of carbonyl (C=O) groups is 1. The molecule has 7 heteroatoms. The Labute approximate surface area is 190 Å². The first-order chi connectivity index (χ1) is 15.5. The van der Waals surface area contributed by atoms with Gasteiger partial charge in [-0.1, -0.05) is 29.8 Å². The highest BCUT2D eigenvalue weighted by Gasteiger charge is 2.29. The second-order valence-electron chi connectivity index (χ2n) is 7.98. The molecule has 1 atom stereocenters. The predicted molar refractivity (Wildman–Crippen MR) is 123 cm³/mol. The van der Waals surface area contributed by atoms with Crippen LogP contribution in [0.25, 0.3) is 16.8 Å². The fourth-order valence-corrected chi connectivity index (χ4v) is 4.67. The smallest absolute Gasteiger partial charge is 0.166 e. The van der Waals surface area contributed by atoms with Crippen LogP contribution in [0.3, 0.4) is 0 Å². The van der Waals surface area contributed by atoms with Crippen LogP contribution in [0.5, 0.6) is 11.5 Å². The number of methoxy groups -OCH3 is 2. The largest absolute Gasteiger partial charge is 0.493 e. The van der Waals surface area contributed by atoms with Gasteiger partial charge >= 0.3 is 0 Å². The van der Waals surface area contributed by atoms with Crippen LogP contribution in [0, 0.1) is 6.92 Å². The summed E-state index contributed by atoms with van der Waals surface area (Å²) >= 11 is 6.19. The number of hydrogen-bond donors (Lipinski definition) is 0. The summed E-state index contributed by atoms with van der Waals surface area (Å²) in [6, 6.07) is 13.5. The summed E-state index contributed by atoms with van der Waals surface area (Å²) in [6.45, 7) is 1.94. The van der Waals surface area contributed by atoms with Crippen molar-refractivity contribution in [1.82, 2.24) is 14.6 Å². The monoisotopic (exact) mass is 447 g/mol. The van der Waals surface area contributed by atoms with Gasteiger partial charge in [0.15, 0.2) is 22.9 Å². The molecule has 0 saturated carbocycles. The minimum absolute atomic E-state index is 0.0530. The molecule has 0 radical (unpaired) electrons. The minimum atomic E-state index is 0.0530. The van der Waals surface area contributed by atoms with Crippen LogP contribution < -0.4 is 9.47 Å². The van der Waals surface area contributed by atoms with Gasteiger partial charge in [-0.3, -0.25) is 4.79 Å². The highest BCUT2D eigenvalue weighted by Crippen LogP contribution is 2.37. The average molecular weight is 448 g/mol. The molecular weight excluding hydrogens is 426 g/mol. The van der Waals surface area contributed by atoms with E-state index in [-0.39, 0.29) is 11.7 Å². The Morgan fingerprint density at radius 1 is 1.06 bits per heavy atom. The summed E-state index contributed by atoms with van der Waals surface area (Å²) in [7, 11) is 3.22. The van der Waals surface area contributed by atoms with E-state index in [9.17, 15) is 4.79 Å². The molecule has 0 aliphatic heterocycles. The molecule has 5 rings (SSSR count). The van der Waals surface area contributed by atoms with E-state index < -0.39 is 0 Å². The number of fused-ring (bicyclic) bond motifs is 2. The van der Waals surface area contributed by atoms with Gasteiger partial charge in [0.2, 0.25) is 0 Å². The third-order valence-corrected chi connectivity index (χ3v) is 6.26. The molecule has 0 N–H and O–H groups in total. The zero-order valence-corrected chi connectivity index (χ0v) is 18.8. The lowest BCUT2D eigenvalue weighted by atomic mass is 9.82. The van der Waals surface area contributed by atoms with E-state index in [0.29, 0.717) is 40.6 Å². The number of ketones is 1. The first-order valence-electron chi connectivity index (χ1n) is 10.4. The summed E-state index contributed by atoms with van der Waals surface area (Å²) < 4.78 is 12.5. The summed E-state index contributed by atoms with van der Waals surface area (Å²) in [5.74, 6) is 1.42. The number of ether oxygens (including phenoxy) is 2. The van der Waals surface area contributed by atoms with Gasteiger partial charge < -0.3 is 9.47 Å². The predicted octanol–water partition coefficient (Wildman–Crippen LogP) is 5.29. The first-order valence-corrected chi connectivity index (χ1v) is 10.8. The van der Waals surface area contributed by atoms with E-state index >= 15 is 0 Å². The molecule has 32 heavy (non-hydrogen) atoms. The van der Waals surface area contributed by atoms with Crippen molar-refractivity contribution in [2.45, 2.75) is 25.7 Å². The molecule has 1 unspecified atom stereocenters. The fraction of sp³-hybridized carbons (Fsp3) is 0.240. The zero-order chi connectivity index (χ0) is 22.4. The highest BCUT2D eigenvalue weighted by atomic mass is 35.5. The lowest BCUT2D eigenvalue weighted by Crippen LogP contribution is -2.21. The standard InChI is InChI=1S/C25H22ClN3O3/c1-14-24(16-7-8-22(31-2)23(12-16)32-3)25-27-20-10-17(15-5-4-6-18(26)9-15)11-21(30)19(20)13-29(25)28-14/h4-9,12-13,17H,10-11H2,1-3H3. The van der Waals surface area contributed by atoms with Crippen LogP contribution >= 0.6 is 11.6 Å². The summed E-state index contributed by atoms with van der Waals surface area (Å²) in [5, 5.41) is 5.30. The van der Waals surface area contributed by atoms with E-state index in [1.165, 1.54) is 0 Å². The average Bonchev–Trinajstić information content (AvgIpc) is 3.11. The van der Waals surface area contributed by atoms with Crippen molar-refractivity contribution < 1.29 is 14.3 Å². The molecule has 2 aromatic carbocycles. The van der Waals surface area contributed by atoms with Crippen molar-refractivity contribution in [2.24, 2.45) is 0 Å². The maximum absolute atomic E-state index is 13.0. The third-order valence-electron chi connectivity index (χ3n) is 6.03. The number of aromatic nitrogens is 3. The van der Waals surface area contributed by atoms with Crippen LogP contribution in [-0.4, -0.2) is 34.6 Å². The van der Waals surface area contributed by atoms with Crippen LogP contribution in [0.1, 0.15) is 39.6 Å². The van der Waals surface area contributed by atoms with Gasteiger partial charge in [-0.05, 0) is 54.7 Å². The van der Waals surface area contributed by atoms with Crippen LogP contribution in [0.2, 0.25) is 5.02 Å². The van der Waals surface area contributed by atoms with E-state index in [4.69, 9.17) is 26.1 Å². The molecule has 2 aromatic heterocycles. The maximum Gasteiger partial charge on any atom is 0.166 e. The van der Waals surface area contributed by atoms with E-state index in [2.05, 4.69) is 5.10 Å². The summed E-state index contributed by atoms with van der Waals surface area (Å²) in [4.78, 5) is 17.9. The quantitative estimate of drug-likeness (QED) is 0.425. The summed E-state index contributed by atoms with van der Waals surface area (Å²) in [6.07, 6.45) is 2.92. The lowest BCUT2D eigenvalue weighted by molar-refractivity contribution is 0.0962. The number of nitrogens with zero attached hydrogens (tertiary/aromatic N) is 3. The second-order valence-corrected chi connectivity index (χ2v) is 8.42. The molecule has 0 fully saturated rings. The second kappa shape index (κ2) is 7.95. The SMILES string of the molecule is COc1ccc(-c2c(C)nn3cc4c(nc23)CC(c2cccc(Cl)c2)CC4=O)cc1OC. The van der Waals surface area contributed by atoms with Crippen molar-refractivity contribution >= 4 is 23.0 Å². The van der Waals surface area contributed by atoms with Gasteiger partial charge in [-0.15, -0.1) is 0 Å². The number of rotatable bonds is 4.